The zero-order valence-corrected chi connectivity index (χ0v) is 13.9. The van der Waals surface area contributed by atoms with Gasteiger partial charge in [-0.05, 0) is 6.07 Å². The van der Waals surface area contributed by atoms with Crippen molar-refractivity contribution in [3.63, 3.8) is 0 Å². The van der Waals surface area contributed by atoms with Crippen LogP contribution in [-0.4, -0.2) is 50.2 Å². The Morgan fingerprint density at radius 2 is 2.27 bits per heavy atom. The highest BCUT2D eigenvalue weighted by Gasteiger charge is 2.19. The molecule has 0 fully saturated rings. The van der Waals surface area contributed by atoms with Crippen molar-refractivity contribution in [1.82, 2.24) is 35.5 Å². The molecule has 0 aliphatic rings. The number of rotatable bonds is 5. The molecule has 134 valence electrons. The van der Waals surface area contributed by atoms with Crippen LogP contribution in [0.1, 0.15) is 14.6 Å². The summed E-state index contributed by atoms with van der Waals surface area (Å²) in [6.45, 7) is -2.70. The normalized spacial score (nSPS) is 12.6. The molecule has 26 heavy (non-hydrogen) atoms. The zero-order valence-electron chi connectivity index (χ0n) is 16.9. The van der Waals surface area contributed by atoms with Gasteiger partial charge in [0.1, 0.15) is 11.5 Å². The van der Waals surface area contributed by atoms with E-state index in [1.54, 1.807) is 19.3 Å². The molecule has 0 aliphatic heterocycles. The lowest BCUT2D eigenvalue weighted by Crippen LogP contribution is -2.21. The fourth-order valence-corrected chi connectivity index (χ4v) is 2.27. The van der Waals surface area contributed by atoms with Crippen molar-refractivity contribution in [2.75, 3.05) is 25.1 Å². The van der Waals surface area contributed by atoms with Crippen LogP contribution in [0.25, 0.3) is 11.3 Å². The molecule has 0 saturated heterocycles. The SMILES string of the molecule is [2H]C([2H])([2H])NC(=O)c1nnc(N)cc1Nc1nccc(-c2cnn(C)n2)c1OC. The van der Waals surface area contributed by atoms with Crippen LogP contribution < -0.4 is 21.1 Å². The fraction of sp³-hybridized carbons (Fsp3) is 0.200. The van der Waals surface area contributed by atoms with Crippen LogP contribution in [0.4, 0.5) is 17.3 Å². The minimum Gasteiger partial charge on any atom is -0.492 e. The number of amides is 1. The molecule has 11 nitrogen and oxygen atoms in total. The highest BCUT2D eigenvalue weighted by Crippen LogP contribution is 2.35. The number of nitrogens with one attached hydrogen (secondary N) is 2. The lowest BCUT2D eigenvalue weighted by Gasteiger charge is -2.14. The molecule has 0 spiro atoms. The summed E-state index contributed by atoms with van der Waals surface area (Å²) >= 11 is 0. The molecule has 0 atom stereocenters. The molecule has 1 amide bonds. The average Bonchev–Trinajstić information content (AvgIpc) is 3.06. The number of carbonyl (C=O) groups excluding carboxylic acids is 1. The van der Waals surface area contributed by atoms with Gasteiger partial charge in [-0.2, -0.15) is 15.0 Å². The number of ether oxygens (including phenoxy) is 1. The van der Waals surface area contributed by atoms with Gasteiger partial charge in [-0.25, -0.2) is 4.98 Å². The molecule has 0 aliphatic carbocycles. The Labute approximate surface area is 152 Å². The average molecular weight is 358 g/mol. The maximum absolute atomic E-state index is 12.3. The third-order valence-corrected chi connectivity index (χ3v) is 3.38. The number of aryl methyl sites for hydroxylation is 1. The summed E-state index contributed by atoms with van der Waals surface area (Å²) in [6, 6.07) is 3.02. The van der Waals surface area contributed by atoms with Gasteiger partial charge in [0.2, 0.25) is 0 Å². The zero-order chi connectivity index (χ0) is 21.2. The highest BCUT2D eigenvalue weighted by molar-refractivity contribution is 5.98. The van der Waals surface area contributed by atoms with Crippen molar-refractivity contribution >= 4 is 23.2 Å². The van der Waals surface area contributed by atoms with Crippen molar-refractivity contribution in [1.29, 1.82) is 0 Å². The van der Waals surface area contributed by atoms with E-state index in [0.717, 1.165) is 0 Å². The van der Waals surface area contributed by atoms with E-state index in [-0.39, 0.29) is 23.0 Å². The highest BCUT2D eigenvalue weighted by atomic mass is 16.5. The molecule has 0 bridgehead atoms. The number of aromatic nitrogens is 6. The molecule has 0 saturated carbocycles. The second-order valence-corrected chi connectivity index (χ2v) is 5.07. The van der Waals surface area contributed by atoms with E-state index < -0.39 is 12.9 Å². The summed E-state index contributed by atoms with van der Waals surface area (Å²) in [6.07, 6.45) is 3.07. The first-order valence-corrected chi connectivity index (χ1v) is 7.30. The van der Waals surface area contributed by atoms with Crippen molar-refractivity contribution in [2.45, 2.75) is 0 Å². The van der Waals surface area contributed by atoms with E-state index in [0.29, 0.717) is 17.0 Å². The number of anilines is 3. The number of methoxy groups -OCH3 is 1. The van der Waals surface area contributed by atoms with E-state index >= 15 is 0 Å². The number of nitrogen functional groups attached to an aromatic ring is 1. The van der Waals surface area contributed by atoms with E-state index in [2.05, 4.69) is 30.7 Å². The van der Waals surface area contributed by atoms with Crippen LogP contribution in [0, 0.1) is 0 Å². The first-order valence-electron chi connectivity index (χ1n) is 8.80. The van der Waals surface area contributed by atoms with Gasteiger partial charge in [-0.3, -0.25) is 4.79 Å². The number of nitrogens with two attached hydrogens (primary N) is 1. The topological polar surface area (TPSA) is 146 Å². The fourth-order valence-electron chi connectivity index (χ4n) is 2.27. The smallest absolute Gasteiger partial charge is 0.273 e. The van der Waals surface area contributed by atoms with Gasteiger partial charge >= 0.3 is 0 Å². The van der Waals surface area contributed by atoms with Gasteiger partial charge in [0.15, 0.2) is 17.3 Å². The summed E-state index contributed by atoms with van der Waals surface area (Å²) in [5.41, 5.74) is 6.64. The summed E-state index contributed by atoms with van der Waals surface area (Å²) in [5.74, 6) is -0.387. The van der Waals surface area contributed by atoms with E-state index in [1.165, 1.54) is 24.2 Å². The molecule has 4 N–H and O–H groups in total. The van der Waals surface area contributed by atoms with Crippen LogP contribution in [0.2, 0.25) is 0 Å². The molecule has 3 heterocycles. The predicted octanol–water partition coefficient (Wildman–Crippen LogP) is 0.361. The maximum atomic E-state index is 12.3. The number of pyridine rings is 1. The number of carbonyl (C=O) groups is 1. The number of nitrogens with zero attached hydrogens (tertiary/aromatic N) is 6. The molecule has 3 aromatic rings. The summed E-state index contributed by atoms with van der Waals surface area (Å²) in [7, 11) is 3.13. The first kappa shape index (κ1) is 13.5. The van der Waals surface area contributed by atoms with Crippen LogP contribution in [0.5, 0.6) is 5.75 Å². The second kappa shape index (κ2) is 7.01. The van der Waals surface area contributed by atoms with E-state index in [1.807, 2.05) is 5.32 Å². The third-order valence-electron chi connectivity index (χ3n) is 3.38. The van der Waals surface area contributed by atoms with Crippen LogP contribution in [0.15, 0.2) is 24.5 Å². The van der Waals surface area contributed by atoms with Gasteiger partial charge in [0.05, 0.1) is 24.6 Å². The number of hydrogen-bond donors (Lipinski definition) is 3. The summed E-state index contributed by atoms with van der Waals surface area (Å²) in [4.78, 5) is 17.9. The number of hydrogen-bond acceptors (Lipinski definition) is 9. The molecule has 0 aromatic carbocycles. The lowest BCUT2D eigenvalue weighted by molar-refractivity contribution is 0.0958. The molecule has 3 aromatic heterocycles. The Balaban J connectivity index is 2.02. The van der Waals surface area contributed by atoms with Crippen LogP contribution in [-0.2, 0) is 7.05 Å². The largest absolute Gasteiger partial charge is 0.492 e. The van der Waals surface area contributed by atoms with E-state index in [9.17, 15) is 4.79 Å². The third kappa shape index (κ3) is 3.22. The van der Waals surface area contributed by atoms with Crippen molar-refractivity contribution in [3.05, 3.63) is 30.2 Å². The first-order chi connectivity index (χ1) is 13.7. The van der Waals surface area contributed by atoms with Gasteiger partial charge < -0.3 is 21.1 Å². The van der Waals surface area contributed by atoms with Gasteiger partial charge in [-0.1, -0.05) is 0 Å². The molecule has 0 unspecified atom stereocenters. The van der Waals surface area contributed by atoms with Gasteiger partial charge in [0.25, 0.3) is 5.91 Å². The van der Waals surface area contributed by atoms with Gasteiger partial charge in [0, 0.05) is 30.4 Å². The Morgan fingerprint density at radius 1 is 1.42 bits per heavy atom. The maximum Gasteiger partial charge on any atom is 0.273 e. The standard InChI is InChI=1S/C15H17N9O2/c1-17-15(25)12-9(6-11(16)21-22-12)20-14-13(26-3)8(4-5-18-14)10-7-19-24(2)23-10/h4-7H,1-3H3,(H,17,25)(H3,16,18,20,21)/i1D3. The van der Waals surface area contributed by atoms with E-state index in [4.69, 9.17) is 14.6 Å². The Hall–Kier alpha value is -3.76. The van der Waals surface area contributed by atoms with Crippen molar-refractivity contribution < 1.29 is 13.6 Å². The lowest BCUT2D eigenvalue weighted by atomic mass is 10.2. The Bertz CT molecular complexity index is 1050. The minimum atomic E-state index is -2.70. The van der Waals surface area contributed by atoms with Crippen molar-refractivity contribution in [2.24, 2.45) is 7.05 Å². The molecule has 3 rings (SSSR count). The Morgan fingerprint density at radius 3 is 2.96 bits per heavy atom. The molecule has 11 heteroatoms. The monoisotopic (exact) mass is 358 g/mol. The predicted molar refractivity (Wildman–Crippen MR) is 93.9 cm³/mol. The van der Waals surface area contributed by atoms with Crippen molar-refractivity contribution in [3.8, 4) is 17.0 Å². The molecule has 0 radical (unpaired) electrons. The molecular weight excluding hydrogens is 338 g/mol. The van der Waals surface area contributed by atoms with Crippen LogP contribution >= 0.6 is 0 Å². The summed E-state index contributed by atoms with van der Waals surface area (Å²) in [5, 5.41) is 20.3. The molecular formula is C15H17N9O2. The second-order valence-electron chi connectivity index (χ2n) is 5.07. The summed E-state index contributed by atoms with van der Waals surface area (Å²) < 4.78 is 27.1. The quantitative estimate of drug-likeness (QED) is 0.588. The van der Waals surface area contributed by atoms with Gasteiger partial charge in [-0.15, -0.1) is 10.2 Å². The minimum absolute atomic E-state index is 0.0157. The Kier molecular flexibility index (Phi) is 3.64. The van der Waals surface area contributed by atoms with Crippen LogP contribution in [0.3, 0.4) is 0 Å².